The summed E-state index contributed by atoms with van der Waals surface area (Å²) in [4.78, 5) is 0. The molecular formula is C18H23NO. The monoisotopic (exact) mass is 269 g/mol. The fourth-order valence-corrected chi connectivity index (χ4v) is 2.53. The summed E-state index contributed by atoms with van der Waals surface area (Å²) in [7, 11) is 0. The van der Waals surface area contributed by atoms with Gasteiger partial charge in [-0.1, -0.05) is 42.0 Å². The minimum absolute atomic E-state index is 0.102. The second kappa shape index (κ2) is 6.10. The standard InChI is InChI=1S/C18H23NO/c1-12-8-9-16(15(4)10-12)17(19)11-20-18-13(2)6-5-7-14(18)3/h5-10,17H,11,19H2,1-4H3. The van der Waals surface area contributed by atoms with Crippen LogP contribution in [-0.4, -0.2) is 6.61 Å². The SMILES string of the molecule is Cc1ccc(C(N)COc2c(C)cccc2C)c(C)c1. The summed E-state index contributed by atoms with van der Waals surface area (Å²) in [5.41, 5.74) is 12.2. The van der Waals surface area contributed by atoms with Crippen LogP contribution < -0.4 is 10.5 Å². The average molecular weight is 269 g/mol. The number of hydrogen-bond donors (Lipinski definition) is 1. The Balaban J connectivity index is 2.11. The second-order valence-electron chi connectivity index (χ2n) is 5.50. The molecule has 0 aliphatic heterocycles. The number of rotatable bonds is 4. The van der Waals surface area contributed by atoms with Crippen LogP contribution in [0.5, 0.6) is 5.75 Å². The highest BCUT2D eigenvalue weighted by atomic mass is 16.5. The molecule has 0 aromatic heterocycles. The van der Waals surface area contributed by atoms with Gasteiger partial charge in [-0.25, -0.2) is 0 Å². The van der Waals surface area contributed by atoms with Gasteiger partial charge >= 0.3 is 0 Å². The van der Waals surface area contributed by atoms with Gasteiger partial charge in [-0.05, 0) is 49.9 Å². The predicted molar refractivity (Wildman–Crippen MR) is 84.3 cm³/mol. The number of nitrogens with two attached hydrogens (primary N) is 1. The molecule has 0 radical (unpaired) electrons. The molecule has 0 bridgehead atoms. The molecule has 2 aromatic rings. The third-order valence-corrected chi connectivity index (χ3v) is 3.64. The smallest absolute Gasteiger partial charge is 0.125 e. The molecule has 106 valence electrons. The highest BCUT2D eigenvalue weighted by molar-refractivity contribution is 5.40. The van der Waals surface area contributed by atoms with Crippen molar-refractivity contribution in [3.63, 3.8) is 0 Å². The molecule has 0 aliphatic carbocycles. The lowest BCUT2D eigenvalue weighted by Crippen LogP contribution is -2.20. The van der Waals surface area contributed by atoms with Crippen molar-refractivity contribution in [3.05, 3.63) is 64.2 Å². The van der Waals surface area contributed by atoms with Crippen LogP contribution in [0.1, 0.15) is 33.9 Å². The topological polar surface area (TPSA) is 35.2 Å². The van der Waals surface area contributed by atoms with Gasteiger partial charge < -0.3 is 10.5 Å². The molecule has 2 heteroatoms. The molecule has 0 heterocycles. The van der Waals surface area contributed by atoms with Gasteiger partial charge in [0.2, 0.25) is 0 Å². The molecule has 0 saturated heterocycles. The molecule has 0 amide bonds. The molecule has 2 N–H and O–H groups in total. The van der Waals surface area contributed by atoms with Crippen LogP contribution >= 0.6 is 0 Å². The Morgan fingerprint density at radius 3 is 2.20 bits per heavy atom. The first-order valence-electron chi connectivity index (χ1n) is 7.01. The van der Waals surface area contributed by atoms with Gasteiger partial charge in [0.1, 0.15) is 12.4 Å². The molecule has 1 unspecified atom stereocenters. The minimum Gasteiger partial charge on any atom is -0.491 e. The number of benzene rings is 2. The van der Waals surface area contributed by atoms with Crippen LogP contribution in [0.15, 0.2) is 36.4 Å². The molecule has 2 nitrogen and oxygen atoms in total. The summed E-state index contributed by atoms with van der Waals surface area (Å²) in [6, 6.07) is 12.4. The molecule has 0 aliphatic rings. The highest BCUT2D eigenvalue weighted by Gasteiger charge is 2.11. The fourth-order valence-electron chi connectivity index (χ4n) is 2.53. The molecular weight excluding hydrogens is 246 g/mol. The Hall–Kier alpha value is -1.80. The van der Waals surface area contributed by atoms with Crippen molar-refractivity contribution in [2.24, 2.45) is 5.73 Å². The lowest BCUT2D eigenvalue weighted by Gasteiger charge is -2.18. The minimum atomic E-state index is -0.102. The van der Waals surface area contributed by atoms with E-state index in [9.17, 15) is 0 Å². The maximum atomic E-state index is 6.27. The van der Waals surface area contributed by atoms with Crippen molar-refractivity contribution in [2.45, 2.75) is 33.7 Å². The zero-order valence-corrected chi connectivity index (χ0v) is 12.7. The van der Waals surface area contributed by atoms with Crippen LogP contribution in [-0.2, 0) is 0 Å². The van der Waals surface area contributed by atoms with E-state index in [0.29, 0.717) is 6.61 Å². The Kier molecular flexibility index (Phi) is 4.46. The third-order valence-electron chi connectivity index (χ3n) is 3.64. The summed E-state index contributed by atoms with van der Waals surface area (Å²) in [6.45, 7) is 8.81. The fraction of sp³-hybridized carbons (Fsp3) is 0.333. The van der Waals surface area contributed by atoms with Gasteiger partial charge in [-0.3, -0.25) is 0 Å². The van der Waals surface area contributed by atoms with Crippen LogP contribution in [0.3, 0.4) is 0 Å². The van der Waals surface area contributed by atoms with Gasteiger partial charge in [-0.2, -0.15) is 0 Å². The van der Waals surface area contributed by atoms with Crippen molar-refractivity contribution >= 4 is 0 Å². The Morgan fingerprint density at radius 1 is 0.950 bits per heavy atom. The Morgan fingerprint density at radius 2 is 1.60 bits per heavy atom. The second-order valence-corrected chi connectivity index (χ2v) is 5.50. The maximum absolute atomic E-state index is 6.27. The van der Waals surface area contributed by atoms with Gasteiger partial charge in [0.05, 0.1) is 6.04 Å². The van der Waals surface area contributed by atoms with Crippen molar-refractivity contribution in [1.82, 2.24) is 0 Å². The van der Waals surface area contributed by atoms with Gasteiger partial charge in [-0.15, -0.1) is 0 Å². The molecule has 2 rings (SSSR count). The summed E-state index contributed by atoms with van der Waals surface area (Å²) < 4.78 is 5.94. The zero-order chi connectivity index (χ0) is 14.7. The molecule has 1 atom stereocenters. The van der Waals surface area contributed by atoms with E-state index >= 15 is 0 Å². The number of aryl methyl sites for hydroxylation is 4. The number of ether oxygens (including phenoxy) is 1. The predicted octanol–water partition coefficient (Wildman–Crippen LogP) is 4.00. The van der Waals surface area contributed by atoms with Gasteiger partial charge in [0.25, 0.3) is 0 Å². The highest BCUT2D eigenvalue weighted by Crippen LogP contribution is 2.24. The van der Waals surface area contributed by atoms with E-state index < -0.39 is 0 Å². The number of para-hydroxylation sites is 1. The van der Waals surface area contributed by atoms with Crippen molar-refractivity contribution in [2.75, 3.05) is 6.61 Å². The first-order valence-corrected chi connectivity index (χ1v) is 7.01. The normalized spacial score (nSPS) is 12.2. The zero-order valence-electron chi connectivity index (χ0n) is 12.7. The van der Waals surface area contributed by atoms with Gasteiger partial charge in [0.15, 0.2) is 0 Å². The van der Waals surface area contributed by atoms with E-state index in [2.05, 4.69) is 58.0 Å². The van der Waals surface area contributed by atoms with E-state index in [0.717, 1.165) is 22.4 Å². The number of hydrogen-bond acceptors (Lipinski definition) is 2. The largest absolute Gasteiger partial charge is 0.491 e. The Bertz CT molecular complexity index is 584. The summed E-state index contributed by atoms with van der Waals surface area (Å²) >= 11 is 0. The van der Waals surface area contributed by atoms with E-state index in [4.69, 9.17) is 10.5 Å². The Labute approximate surface area is 121 Å². The van der Waals surface area contributed by atoms with Crippen LogP contribution in [0, 0.1) is 27.7 Å². The lowest BCUT2D eigenvalue weighted by atomic mass is 10.0. The van der Waals surface area contributed by atoms with E-state index in [-0.39, 0.29) is 6.04 Å². The summed E-state index contributed by atoms with van der Waals surface area (Å²) in [5.74, 6) is 0.952. The van der Waals surface area contributed by atoms with Crippen LogP contribution in [0.4, 0.5) is 0 Å². The third kappa shape index (κ3) is 3.20. The van der Waals surface area contributed by atoms with Crippen LogP contribution in [0.25, 0.3) is 0 Å². The van der Waals surface area contributed by atoms with Crippen molar-refractivity contribution < 1.29 is 4.74 Å². The summed E-state index contributed by atoms with van der Waals surface area (Å²) in [6.07, 6.45) is 0. The average Bonchev–Trinajstić information content (AvgIpc) is 2.37. The van der Waals surface area contributed by atoms with E-state index in [1.165, 1.54) is 11.1 Å². The quantitative estimate of drug-likeness (QED) is 0.910. The van der Waals surface area contributed by atoms with Crippen LogP contribution in [0.2, 0.25) is 0 Å². The molecule has 0 fully saturated rings. The van der Waals surface area contributed by atoms with E-state index in [1.54, 1.807) is 0 Å². The first kappa shape index (κ1) is 14.6. The van der Waals surface area contributed by atoms with E-state index in [1.807, 2.05) is 6.07 Å². The van der Waals surface area contributed by atoms with Crippen molar-refractivity contribution in [3.8, 4) is 5.75 Å². The lowest BCUT2D eigenvalue weighted by molar-refractivity contribution is 0.286. The molecule has 2 aromatic carbocycles. The molecule has 0 saturated carbocycles. The molecule has 0 spiro atoms. The first-order chi connectivity index (χ1) is 9.49. The van der Waals surface area contributed by atoms with Crippen molar-refractivity contribution in [1.29, 1.82) is 0 Å². The summed E-state index contributed by atoms with van der Waals surface area (Å²) in [5, 5.41) is 0. The maximum Gasteiger partial charge on any atom is 0.125 e. The van der Waals surface area contributed by atoms with Gasteiger partial charge in [0, 0.05) is 0 Å². The molecule has 20 heavy (non-hydrogen) atoms.